The third kappa shape index (κ3) is 3.14. The van der Waals surface area contributed by atoms with Crippen LogP contribution in [0.2, 0.25) is 10.0 Å². The maximum Gasteiger partial charge on any atom is 0.338 e. The minimum atomic E-state index is -0.751. The van der Waals surface area contributed by atoms with Gasteiger partial charge in [0.25, 0.3) is 0 Å². The Labute approximate surface area is 132 Å². The fourth-order valence-electron chi connectivity index (χ4n) is 2.18. The lowest BCUT2D eigenvalue weighted by molar-refractivity contribution is -0.139. The molecule has 1 aromatic rings. The second-order valence-electron chi connectivity index (χ2n) is 4.43. The van der Waals surface area contributed by atoms with Crippen molar-refractivity contribution in [2.75, 3.05) is 6.61 Å². The number of esters is 1. The van der Waals surface area contributed by atoms with Crippen molar-refractivity contribution in [3.63, 3.8) is 0 Å². The van der Waals surface area contributed by atoms with Gasteiger partial charge in [-0.05, 0) is 26.0 Å². The van der Waals surface area contributed by atoms with E-state index in [2.05, 4.69) is 10.6 Å². The van der Waals surface area contributed by atoms with E-state index in [1.165, 1.54) is 0 Å². The van der Waals surface area contributed by atoms with Gasteiger partial charge >= 0.3 is 12.0 Å². The monoisotopic (exact) mass is 328 g/mol. The summed E-state index contributed by atoms with van der Waals surface area (Å²) in [5.74, 6) is -0.525. The zero-order valence-corrected chi connectivity index (χ0v) is 13.0. The van der Waals surface area contributed by atoms with Crippen molar-refractivity contribution in [3.8, 4) is 0 Å². The zero-order valence-electron chi connectivity index (χ0n) is 11.5. The number of halogens is 2. The lowest BCUT2D eigenvalue weighted by Gasteiger charge is -2.29. The molecule has 2 N–H and O–H groups in total. The SMILES string of the molecule is CCOC(=O)C1=C(C)NC(=O)NC1c1c(Cl)cccc1Cl. The van der Waals surface area contributed by atoms with E-state index >= 15 is 0 Å². The van der Waals surface area contributed by atoms with Crippen molar-refractivity contribution in [1.82, 2.24) is 10.6 Å². The summed E-state index contributed by atoms with van der Waals surface area (Å²) in [6.07, 6.45) is 0. The van der Waals surface area contributed by atoms with Gasteiger partial charge in [-0.1, -0.05) is 29.3 Å². The number of amides is 2. The molecule has 1 aromatic carbocycles. The van der Waals surface area contributed by atoms with Crippen molar-refractivity contribution in [3.05, 3.63) is 45.1 Å². The normalized spacial score (nSPS) is 18.1. The Hall–Kier alpha value is -1.72. The summed E-state index contributed by atoms with van der Waals surface area (Å²) in [6.45, 7) is 3.56. The molecule has 1 unspecified atom stereocenters. The quantitative estimate of drug-likeness (QED) is 0.837. The van der Waals surface area contributed by atoms with Crippen molar-refractivity contribution in [2.24, 2.45) is 0 Å². The van der Waals surface area contributed by atoms with Crippen LogP contribution in [0.25, 0.3) is 0 Å². The largest absolute Gasteiger partial charge is 0.463 e. The van der Waals surface area contributed by atoms with Crippen LogP contribution in [-0.4, -0.2) is 18.6 Å². The first-order valence-electron chi connectivity index (χ1n) is 6.35. The maximum absolute atomic E-state index is 12.2. The smallest absolute Gasteiger partial charge is 0.338 e. The van der Waals surface area contributed by atoms with Gasteiger partial charge in [-0.3, -0.25) is 0 Å². The van der Waals surface area contributed by atoms with Gasteiger partial charge in [-0.25, -0.2) is 9.59 Å². The maximum atomic E-state index is 12.2. The van der Waals surface area contributed by atoms with Crippen LogP contribution in [0.1, 0.15) is 25.5 Å². The minimum absolute atomic E-state index is 0.229. The number of hydrogen-bond acceptors (Lipinski definition) is 3. The predicted molar refractivity (Wildman–Crippen MR) is 80.2 cm³/mol. The highest BCUT2D eigenvalue weighted by Gasteiger charge is 2.34. The van der Waals surface area contributed by atoms with Gasteiger partial charge < -0.3 is 15.4 Å². The summed E-state index contributed by atoms with van der Waals surface area (Å²) in [4.78, 5) is 23.9. The van der Waals surface area contributed by atoms with E-state index in [4.69, 9.17) is 27.9 Å². The molecule has 5 nitrogen and oxygen atoms in total. The fraction of sp³-hybridized carbons (Fsp3) is 0.286. The number of nitrogens with one attached hydrogen (secondary N) is 2. The standard InChI is InChI=1S/C14H14Cl2N2O3/c1-3-21-13(19)10-7(2)17-14(20)18-12(10)11-8(15)5-4-6-9(11)16/h4-6,12H,3H2,1-2H3,(H2,17,18,20). The van der Waals surface area contributed by atoms with Crippen LogP contribution in [0.4, 0.5) is 4.79 Å². The first kappa shape index (κ1) is 15.7. The van der Waals surface area contributed by atoms with Gasteiger partial charge in [-0.2, -0.15) is 0 Å². The summed E-state index contributed by atoms with van der Waals surface area (Å²) in [7, 11) is 0. The molecule has 0 bridgehead atoms. The number of benzene rings is 1. The molecule has 1 aliphatic rings. The molecule has 0 saturated carbocycles. The van der Waals surface area contributed by atoms with Crippen LogP contribution in [0.15, 0.2) is 29.5 Å². The highest BCUT2D eigenvalue weighted by atomic mass is 35.5. The zero-order chi connectivity index (χ0) is 15.6. The topological polar surface area (TPSA) is 67.4 Å². The molecule has 0 fully saturated rings. The average Bonchev–Trinajstić information content (AvgIpc) is 2.37. The molecule has 1 atom stereocenters. The van der Waals surface area contributed by atoms with Crippen LogP contribution in [0.5, 0.6) is 0 Å². The number of hydrogen-bond donors (Lipinski definition) is 2. The van der Waals surface area contributed by atoms with Gasteiger partial charge in [-0.15, -0.1) is 0 Å². The van der Waals surface area contributed by atoms with Crippen molar-refractivity contribution >= 4 is 35.2 Å². The number of carbonyl (C=O) groups excluding carboxylic acids is 2. The summed E-state index contributed by atoms with van der Waals surface area (Å²) in [5, 5.41) is 5.94. The third-order valence-electron chi connectivity index (χ3n) is 3.05. The van der Waals surface area contributed by atoms with Crippen LogP contribution in [0, 0.1) is 0 Å². The molecular formula is C14H14Cl2N2O3. The van der Waals surface area contributed by atoms with Crippen molar-refractivity contribution < 1.29 is 14.3 Å². The molecule has 2 amide bonds. The van der Waals surface area contributed by atoms with Gasteiger partial charge in [0.15, 0.2) is 0 Å². The van der Waals surface area contributed by atoms with Crippen LogP contribution >= 0.6 is 23.2 Å². The number of ether oxygens (including phenoxy) is 1. The minimum Gasteiger partial charge on any atom is -0.463 e. The molecule has 1 heterocycles. The molecule has 0 aromatic heterocycles. The Morgan fingerprint density at radius 3 is 2.52 bits per heavy atom. The van der Waals surface area contributed by atoms with E-state index in [-0.39, 0.29) is 12.2 Å². The fourth-order valence-corrected chi connectivity index (χ4v) is 2.79. The molecule has 7 heteroatoms. The van der Waals surface area contributed by atoms with Gasteiger partial charge in [0.05, 0.1) is 18.2 Å². The van der Waals surface area contributed by atoms with E-state index in [1.807, 2.05) is 0 Å². The molecule has 2 rings (SSSR count). The summed E-state index contributed by atoms with van der Waals surface area (Å²) in [6, 6.07) is 3.81. The van der Waals surface area contributed by atoms with Crippen molar-refractivity contribution in [2.45, 2.75) is 19.9 Å². The highest BCUT2D eigenvalue weighted by Crippen LogP contribution is 2.36. The van der Waals surface area contributed by atoms with Gasteiger partial charge in [0, 0.05) is 21.3 Å². The lowest BCUT2D eigenvalue weighted by atomic mass is 9.95. The van der Waals surface area contributed by atoms with Crippen LogP contribution < -0.4 is 10.6 Å². The molecule has 0 aliphatic carbocycles. The van der Waals surface area contributed by atoms with E-state index < -0.39 is 18.0 Å². The predicted octanol–water partition coefficient (Wildman–Crippen LogP) is 3.18. The average molecular weight is 329 g/mol. The summed E-state index contributed by atoms with van der Waals surface area (Å²) >= 11 is 12.3. The number of carbonyl (C=O) groups is 2. The van der Waals surface area contributed by atoms with Gasteiger partial charge in [0.2, 0.25) is 0 Å². The van der Waals surface area contributed by atoms with Crippen LogP contribution in [0.3, 0.4) is 0 Å². The first-order chi connectivity index (χ1) is 9.95. The second-order valence-corrected chi connectivity index (χ2v) is 5.24. The van der Waals surface area contributed by atoms with E-state index in [9.17, 15) is 9.59 Å². The second kappa shape index (κ2) is 6.37. The Kier molecular flexibility index (Phi) is 4.75. The molecule has 21 heavy (non-hydrogen) atoms. The molecule has 112 valence electrons. The molecule has 0 spiro atoms. The Bertz CT molecular complexity index is 608. The number of allylic oxidation sites excluding steroid dienone is 1. The first-order valence-corrected chi connectivity index (χ1v) is 7.10. The molecule has 1 aliphatic heterocycles. The molecule has 0 radical (unpaired) electrons. The van der Waals surface area contributed by atoms with E-state index in [1.54, 1.807) is 32.0 Å². The highest BCUT2D eigenvalue weighted by molar-refractivity contribution is 6.36. The summed E-state index contributed by atoms with van der Waals surface area (Å²) in [5.41, 5.74) is 1.17. The van der Waals surface area contributed by atoms with E-state index in [0.717, 1.165) is 0 Å². The Morgan fingerprint density at radius 2 is 1.95 bits per heavy atom. The lowest BCUT2D eigenvalue weighted by Crippen LogP contribution is -2.45. The Morgan fingerprint density at radius 1 is 1.33 bits per heavy atom. The molecular weight excluding hydrogens is 315 g/mol. The molecule has 0 saturated heterocycles. The van der Waals surface area contributed by atoms with Gasteiger partial charge in [0.1, 0.15) is 0 Å². The van der Waals surface area contributed by atoms with E-state index in [0.29, 0.717) is 21.3 Å². The number of urea groups is 1. The Balaban J connectivity index is 2.55. The third-order valence-corrected chi connectivity index (χ3v) is 3.71. The number of rotatable bonds is 3. The van der Waals surface area contributed by atoms with Crippen LogP contribution in [-0.2, 0) is 9.53 Å². The summed E-state index contributed by atoms with van der Waals surface area (Å²) < 4.78 is 5.04. The van der Waals surface area contributed by atoms with Crippen molar-refractivity contribution in [1.29, 1.82) is 0 Å².